The van der Waals surface area contributed by atoms with Gasteiger partial charge in [0.25, 0.3) is 10.1 Å². The van der Waals surface area contributed by atoms with E-state index in [1.807, 2.05) is 0 Å². The number of unbranched alkanes of at least 4 members (excludes halogenated alkanes) is 5. The van der Waals surface area contributed by atoms with Gasteiger partial charge in [-0.3, -0.25) is 4.55 Å². The first-order valence-corrected chi connectivity index (χ1v) is 11.1. The molecule has 0 heterocycles. The fraction of sp³-hybridized carbons (Fsp3) is 0.600. The molecule has 0 atom stereocenters. The summed E-state index contributed by atoms with van der Waals surface area (Å²) in [5.41, 5.74) is -0.892. The SMILES string of the molecule is O=S(=O)(O)CCCCCCCCS(=O)(=O)Oc1ccc(C(F)(F)F)cc1.[H-].[Na+]. The van der Waals surface area contributed by atoms with Gasteiger partial charge >= 0.3 is 45.9 Å². The van der Waals surface area contributed by atoms with E-state index in [1.165, 1.54) is 0 Å². The van der Waals surface area contributed by atoms with Crippen LogP contribution in [0.1, 0.15) is 45.5 Å². The molecule has 0 saturated heterocycles. The molecule has 1 aromatic carbocycles. The Hall–Kier alpha value is -0.330. The molecule has 0 aromatic heterocycles. The topological polar surface area (TPSA) is 97.7 Å². The zero-order valence-electron chi connectivity index (χ0n) is 15.9. The van der Waals surface area contributed by atoms with E-state index in [2.05, 4.69) is 0 Å². The third-order valence-corrected chi connectivity index (χ3v) is 5.49. The second-order valence-electron chi connectivity index (χ2n) is 5.77. The van der Waals surface area contributed by atoms with E-state index >= 15 is 0 Å². The maximum Gasteiger partial charge on any atom is 1.00 e. The van der Waals surface area contributed by atoms with E-state index in [4.69, 9.17) is 8.74 Å². The van der Waals surface area contributed by atoms with Crippen LogP contribution in [0.3, 0.4) is 0 Å². The Morgan fingerprint density at radius 3 is 1.74 bits per heavy atom. The second kappa shape index (κ2) is 11.6. The summed E-state index contributed by atoms with van der Waals surface area (Å²) in [6.07, 6.45) is -1.25. The van der Waals surface area contributed by atoms with Crippen molar-refractivity contribution in [3.05, 3.63) is 29.8 Å². The van der Waals surface area contributed by atoms with Crippen molar-refractivity contribution in [3.8, 4) is 5.75 Å². The summed E-state index contributed by atoms with van der Waals surface area (Å²) in [6.45, 7) is 0. The first-order valence-electron chi connectivity index (χ1n) is 7.94. The molecule has 0 unspecified atom stereocenters. The third kappa shape index (κ3) is 12.7. The summed E-state index contributed by atoms with van der Waals surface area (Å²) in [5.74, 6) is -0.732. The average molecular weight is 442 g/mol. The zero-order chi connectivity index (χ0) is 19.8. The number of hydrogen-bond acceptors (Lipinski definition) is 5. The summed E-state index contributed by atoms with van der Waals surface area (Å²) in [4.78, 5) is 0. The normalized spacial score (nSPS) is 12.4. The van der Waals surface area contributed by atoms with E-state index in [-0.39, 0.29) is 48.2 Å². The average Bonchev–Trinajstić information content (AvgIpc) is 2.48. The van der Waals surface area contributed by atoms with Crippen molar-refractivity contribution in [2.24, 2.45) is 0 Å². The van der Waals surface area contributed by atoms with Crippen LogP contribution in [0.4, 0.5) is 13.2 Å². The van der Waals surface area contributed by atoms with Gasteiger partial charge in [-0.2, -0.15) is 30.0 Å². The molecule has 0 radical (unpaired) electrons. The van der Waals surface area contributed by atoms with Gasteiger partial charge in [-0.05, 0) is 37.1 Å². The Bertz CT molecular complexity index is 768. The molecule has 1 N–H and O–H groups in total. The summed E-state index contributed by atoms with van der Waals surface area (Å²) < 4.78 is 95.2. The summed E-state index contributed by atoms with van der Waals surface area (Å²) in [6, 6.07) is 3.40. The van der Waals surface area contributed by atoms with E-state index in [0.29, 0.717) is 38.5 Å². The number of alkyl halides is 3. The van der Waals surface area contributed by atoms with Gasteiger partial charge in [-0.1, -0.05) is 25.7 Å². The Kier molecular flexibility index (Phi) is 11.5. The molecule has 1 aromatic rings. The van der Waals surface area contributed by atoms with Gasteiger partial charge in [-0.15, -0.1) is 0 Å². The van der Waals surface area contributed by atoms with Crippen LogP contribution in [0, 0.1) is 0 Å². The van der Waals surface area contributed by atoms with Crippen molar-refractivity contribution in [2.45, 2.75) is 44.7 Å². The molecule has 0 aliphatic heterocycles. The predicted octanol–water partition coefficient (Wildman–Crippen LogP) is 0.759. The van der Waals surface area contributed by atoms with Crippen LogP contribution < -0.4 is 33.7 Å². The summed E-state index contributed by atoms with van der Waals surface area (Å²) in [7, 11) is -7.83. The van der Waals surface area contributed by atoms with E-state index in [0.717, 1.165) is 24.3 Å². The largest absolute Gasteiger partial charge is 1.00 e. The first kappa shape index (κ1) is 26.7. The van der Waals surface area contributed by atoms with Crippen molar-refractivity contribution in [3.63, 3.8) is 0 Å². The van der Waals surface area contributed by atoms with Crippen molar-refractivity contribution in [1.82, 2.24) is 0 Å². The number of benzene rings is 1. The van der Waals surface area contributed by atoms with Crippen LogP contribution in [0.15, 0.2) is 24.3 Å². The smallest absolute Gasteiger partial charge is 1.00 e. The van der Waals surface area contributed by atoms with Crippen LogP contribution in [0.2, 0.25) is 0 Å². The quantitative estimate of drug-likeness (QED) is 0.235. The molecule has 0 amide bonds. The third-order valence-electron chi connectivity index (χ3n) is 3.45. The Morgan fingerprint density at radius 1 is 0.852 bits per heavy atom. The molecule has 1 rings (SSSR count). The van der Waals surface area contributed by atoms with Gasteiger partial charge in [-0.25, -0.2) is 0 Å². The minimum atomic E-state index is -4.50. The van der Waals surface area contributed by atoms with Crippen LogP contribution >= 0.6 is 0 Å². The molecule has 27 heavy (non-hydrogen) atoms. The van der Waals surface area contributed by atoms with Crippen LogP contribution in [0.5, 0.6) is 5.75 Å². The minimum absolute atomic E-state index is 0. The molecule has 0 aliphatic rings. The predicted molar refractivity (Wildman–Crippen MR) is 91.1 cm³/mol. The van der Waals surface area contributed by atoms with Crippen LogP contribution in [-0.2, 0) is 26.4 Å². The molecule has 12 heteroatoms. The monoisotopic (exact) mass is 442 g/mol. The van der Waals surface area contributed by atoms with Gasteiger partial charge < -0.3 is 5.61 Å². The number of halogens is 3. The zero-order valence-corrected chi connectivity index (χ0v) is 18.5. The maximum absolute atomic E-state index is 12.4. The summed E-state index contributed by atoms with van der Waals surface area (Å²) >= 11 is 0. The van der Waals surface area contributed by atoms with Crippen molar-refractivity contribution >= 4 is 20.2 Å². The van der Waals surface area contributed by atoms with Crippen molar-refractivity contribution < 1.29 is 69.7 Å². The van der Waals surface area contributed by atoms with Gasteiger partial charge in [0.1, 0.15) is 5.75 Å². The van der Waals surface area contributed by atoms with Gasteiger partial charge in [0, 0.05) is 0 Å². The molecule has 152 valence electrons. The molecule has 0 aliphatic carbocycles. The molecule has 0 bridgehead atoms. The fourth-order valence-electron chi connectivity index (χ4n) is 2.16. The van der Waals surface area contributed by atoms with Crippen LogP contribution in [0.25, 0.3) is 0 Å². The minimum Gasteiger partial charge on any atom is -1.00 e. The summed E-state index contributed by atoms with van der Waals surface area (Å²) in [5, 5.41) is 0. The molecular formula is C15H22F3NaO6S2. The Morgan fingerprint density at radius 2 is 1.30 bits per heavy atom. The Balaban J connectivity index is 0. The van der Waals surface area contributed by atoms with E-state index in [9.17, 15) is 30.0 Å². The standard InChI is InChI=1S/C15H21F3O6S2.Na.H/c16-15(17,18)13-7-9-14(10-8-13)24-26(22,23)12-6-4-2-1-3-5-11-25(19,20)21;;/h7-10H,1-6,11-12H2,(H,19,20,21);;/q;+1;-1. The van der Waals surface area contributed by atoms with E-state index in [1.54, 1.807) is 0 Å². The van der Waals surface area contributed by atoms with Gasteiger partial charge in [0.15, 0.2) is 0 Å². The Labute approximate surface area is 181 Å². The number of rotatable bonds is 11. The number of hydrogen-bond donors (Lipinski definition) is 1. The van der Waals surface area contributed by atoms with Crippen molar-refractivity contribution in [1.29, 1.82) is 0 Å². The van der Waals surface area contributed by atoms with Crippen molar-refractivity contribution in [2.75, 3.05) is 11.5 Å². The molecule has 6 nitrogen and oxygen atoms in total. The van der Waals surface area contributed by atoms with Gasteiger partial charge in [0.05, 0.1) is 17.1 Å². The van der Waals surface area contributed by atoms with E-state index < -0.39 is 32.0 Å². The molecule has 0 fully saturated rings. The maximum atomic E-state index is 12.4. The molecule has 0 saturated carbocycles. The van der Waals surface area contributed by atoms with Gasteiger partial charge in [0.2, 0.25) is 0 Å². The first-order chi connectivity index (χ1) is 11.9. The van der Waals surface area contributed by atoms with Crippen LogP contribution in [-0.4, -0.2) is 32.9 Å². The molecule has 0 spiro atoms. The fourth-order valence-corrected chi connectivity index (χ4v) is 3.77. The second-order valence-corrected chi connectivity index (χ2v) is 9.04. The molecular weight excluding hydrogens is 420 g/mol.